The molecule has 2 unspecified atom stereocenters. The van der Waals surface area contributed by atoms with Gasteiger partial charge in [-0.2, -0.15) is 4.98 Å². The predicted molar refractivity (Wildman–Crippen MR) is 167 cm³/mol. The van der Waals surface area contributed by atoms with Gasteiger partial charge in [0.2, 0.25) is 0 Å². The first kappa shape index (κ1) is 26.8. The van der Waals surface area contributed by atoms with Crippen molar-refractivity contribution >= 4 is 55.0 Å². The highest BCUT2D eigenvalue weighted by Crippen LogP contribution is 2.48. The lowest BCUT2D eigenvalue weighted by Crippen LogP contribution is -2.52. The first-order valence-corrected chi connectivity index (χ1v) is 15.5. The van der Waals surface area contributed by atoms with Crippen LogP contribution in [0, 0.1) is 5.82 Å². The van der Waals surface area contributed by atoms with Crippen LogP contribution in [0.25, 0.3) is 32.2 Å². The molecule has 10 nitrogen and oxygen atoms in total. The molecule has 2 saturated heterocycles. The van der Waals surface area contributed by atoms with Crippen LogP contribution in [-0.4, -0.2) is 57.8 Å². The van der Waals surface area contributed by atoms with Crippen LogP contribution in [0.3, 0.4) is 0 Å². The number of nitrogens with zero attached hydrogens (tertiary/aromatic N) is 5. The zero-order chi connectivity index (χ0) is 29.2. The van der Waals surface area contributed by atoms with E-state index in [1.165, 1.54) is 6.07 Å². The number of benzene rings is 2. The average Bonchev–Trinajstić information content (AvgIpc) is 3.57. The second-order valence-corrected chi connectivity index (χ2v) is 12.8. The SMILES string of the molecule is Nc1nc2c(-c3c(Cl)cc4c(N5CC6CCC(C5)N6)nc(=O)n5c4c3OC[C@@H]5CNCc3ccccn3)ccc(F)c2s1. The standard InChI is InChI=1S/C30H28ClFN8O2S/c31-21-9-20-25-26(23(21)19-6-7-22(32)27-24(19)37-29(33)43-27)42-14-18(11-34-10-15-3-1-2-8-35-15)40(25)30(41)38-28(20)39-12-16-4-5-17(13-39)36-16/h1-3,6-9,16-18,34,36H,4-5,10-14H2,(H2,33,37)/t16?,17?,18-/m0/s1. The Labute approximate surface area is 254 Å². The summed E-state index contributed by atoms with van der Waals surface area (Å²) in [6.45, 7) is 2.73. The number of piperazine rings is 1. The summed E-state index contributed by atoms with van der Waals surface area (Å²) in [4.78, 5) is 29.6. The maximum atomic E-state index is 14.8. The summed E-state index contributed by atoms with van der Waals surface area (Å²) in [5, 5.41) is 8.47. The summed E-state index contributed by atoms with van der Waals surface area (Å²) in [6, 6.07) is 11.0. The monoisotopic (exact) mass is 618 g/mol. The topological polar surface area (TPSA) is 123 Å². The van der Waals surface area contributed by atoms with E-state index >= 15 is 0 Å². The van der Waals surface area contributed by atoms with Crippen molar-refractivity contribution in [2.75, 3.05) is 36.9 Å². The fourth-order valence-corrected chi connectivity index (χ4v) is 7.80. The van der Waals surface area contributed by atoms with Crippen molar-refractivity contribution in [3.05, 3.63) is 69.6 Å². The van der Waals surface area contributed by atoms with Crippen molar-refractivity contribution in [2.45, 2.75) is 37.5 Å². The lowest BCUT2D eigenvalue weighted by Gasteiger charge is -2.36. The van der Waals surface area contributed by atoms with E-state index in [1.54, 1.807) is 16.8 Å². The fourth-order valence-electron chi connectivity index (χ4n) is 6.74. The number of rotatable bonds is 6. The van der Waals surface area contributed by atoms with Gasteiger partial charge in [0.15, 0.2) is 10.9 Å². The number of nitrogens with one attached hydrogen (secondary N) is 2. The van der Waals surface area contributed by atoms with E-state index < -0.39 is 5.82 Å². The number of thiazole rings is 1. The molecule has 8 rings (SSSR count). The number of hydrogen-bond donors (Lipinski definition) is 3. The lowest BCUT2D eigenvalue weighted by atomic mass is 9.99. The van der Waals surface area contributed by atoms with E-state index in [4.69, 9.17) is 22.1 Å². The summed E-state index contributed by atoms with van der Waals surface area (Å²) >= 11 is 8.14. The average molecular weight is 619 g/mol. The van der Waals surface area contributed by atoms with E-state index in [-0.39, 0.29) is 23.5 Å². The van der Waals surface area contributed by atoms with Crippen LogP contribution in [0.4, 0.5) is 15.3 Å². The molecule has 4 N–H and O–H groups in total. The molecule has 5 aromatic rings. The number of nitrogens with two attached hydrogens (primary N) is 1. The molecule has 3 aromatic heterocycles. The van der Waals surface area contributed by atoms with E-state index in [0.717, 1.165) is 48.3 Å². The molecule has 3 atom stereocenters. The minimum absolute atomic E-state index is 0.215. The molecule has 3 aliphatic heterocycles. The molecule has 0 saturated carbocycles. The lowest BCUT2D eigenvalue weighted by molar-refractivity contribution is 0.228. The highest BCUT2D eigenvalue weighted by molar-refractivity contribution is 7.22. The van der Waals surface area contributed by atoms with E-state index in [2.05, 4.69) is 30.5 Å². The summed E-state index contributed by atoms with van der Waals surface area (Å²) in [7, 11) is 0. The molecule has 0 amide bonds. The van der Waals surface area contributed by atoms with Gasteiger partial charge >= 0.3 is 5.69 Å². The third kappa shape index (κ3) is 4.51. The Bertz CT molecular complexity index is 1940. The van der Waals surface area contributed by atoms with Crippen LogP contribution in [0.15, 0.2) is 47.4 Å². The molecule has 0 radical (unpaired) electrons. The zero-order valence-electron chi connectivity index (χ0n) is 23.0. The maximum absolute atomic E-state index is 14.8. The number of halogens is 2. The predicted octanol–water partition coefficient (Wildman–Crippen LogP) is 4.11. The van der Waals surface area contributed by atoms with Gasteiger partial charge in [-0.15, -0.1) is 0 Å². The maximum Gasteiger partial charge on any atom is 0.350 e. The minimum atomic E-state index is -0.407. The number of pyridine rings is 1. The molecular weight excluding hydrogens is 591 g/mol. The van der Waals surface area contributed by atoms with Gasteiger partial charge in [-0.05, 0) is 43.2 Å². The third-order valence-electron chi connectivity index (χ3n) is 8.59. The van der Waals surface area contributed by atoms with Gasteiger partial charge in [0.25, 0.3) is 0 Å². The first-order chi connectivity index (χ1) is 20.9. The summed E-state index contributed by atoms with van der Waals surface area (Å²) in [5.74, 6) is 0.661. The van der Waals surface area contributed by atoms with E-state index in [0.29, 0.717) is 68.6 Å². The number of hydrogen-bond acceptors (Lipinski definition) is 10. The Kier molecular flexibility index (Phi) is 6.48. The molecule has 2 bridgehead atoms. The summed E-state index contributed by atoms with van der Waals surface area (Å²) < 4.78 is 23.3. The van der Waals surface area contributed by atoms with E-state index in [1.807, 2.05) is 24.3 Å². The third-order valence-corrected chi connectivity index (χ3v) is 9.78. The van der Waals surface area contributed by atoms with Crippen molar-refractivity contribution < 1.29 is 9.13 Å². The van der Waals surface area contributed by atoms with Crippen LogP contribution in [0.5, 0.6) is 5.75 Å². The molecule has 13 heteroatoms. The second-order valence-electron chi connectivity index (χ2n) is 11.3. The molecule has 220 valence electrons. The first-order valence-electron chi connectivity index (χ1n) is 14.3. The van der Waals surface area contributed by atoms with Crippen molar-refractivity contribution in [2.24, 2.45) is 0 Å². The Morgan fingerprint density at radius 2 is 2.02 bits per heavy atom. The van der Waals surface area contributed by atoms with Gasteiger partial charge < -0.3 is 26.0 Å². The normalized spacial score (nSPS) is 21.1. The minimum Gasteiger partial charge on any atom is -0.488 e. The van der Waals surface area contributed by atoms with Gasteiger partial charge in [-0.25, -0.2) is 14.2 Å². The van der Waals surface area contributed by atoms with E-state index in [9.17, 15) is 9.18 Å². The van der Waals surface area contributed by atoms with Crippen LogP contribution >= 0.6 is 22.9 Å². The fraction of sp³-hybridized carbons (Fsp3) is 0.333. The van der Waals surface area contributed by atoms with Crippen molar-refractivity contribution in [1.29, 1.82) is 0 Å². The van der Waals surface area contributed by atoms with Gasteiger partial charge in [0.1, 0.15) is 18.2 Å². The molecule has 0 aliphatic carbocycles. The van der Waals surface area contributed by atoms with Crippen molar-refractivity contribution in [3.63, 3.8) is 0 Å². The van der Waals surface area contributed by atoms with Crippen LogP contribution in [0.1, 0.15) is 24.6 Å². The second kappa shape index (κ2) is 10.4. The van der Waals surface area contributed by atoms with Crippen molar-refractivity contribution in [1.82, 2.24) is 30.2 Å². The van der Waals surface area contributed by atoms with Crippen LogP contribution < -0.4 is 31.7 Å². The summed E-state index contributed by atoms with van der Waals surface area (Å²) in [6.07, 6.45) is 3.94. The molecular formula is C30H28ClFN8O2S. The number of ether oxygens (including phenoxy) is 1. The Morgan fingerprint density at radius 1 is 1.19 bits per heavy atom. The van der Waals surface area contributed by atoms with Crippen molar-refractivity contribution in [3.8, 4) is 16.9 Å². The Hall–Kier alpha value is -3.84. The quantitative estimate of drug-likeness (QED) is 0.258. The number of aromatic nitrogens is 4. The number of nitrogen functional groups attached to an aromatic ring is 1. The van der Waals surface area contributed by atoms with Crippen LogP contribution in [-0.2, 0) is 6.54 Å². The summed E-state index contributed by atoms with van der Waals surface area (Å²) in [5.41, 5.74) is 8.72. The highest BCUT2D eigenvalue weighted by atomic mass is 35.5. The number of fused-ring (bicyclic) bond motifs is 3. The van der Waals surface area contributed by atoms with Gasteiger partial charge in [0, 0.05) is 61.0 Å². The largest absolute Gasteiger partial charge is 0.488 e. The number of anilines is 2. The van der Waals surface area contributed by atoms with Gasteiger partial charge in [-0.3, -0.25) is 9.55 Å². The molecule has 0 spiro atoms. The molecule has 6 heterocycles. The van der Waals surface area contributed by atoms with Gasteiger partial charge in [-0.1, -0.05) is 29.0 Å². The van der Waals surface area contributed by atoms with Gasteiger partial charge in [0.05, 0.1) is 32.5 Å². The molecule has 2 aromatic carbocycles. The Balaban J connectivity index is 1.30. The smallest absolute Gasteiger partial charge is 0.350 e. The molecule has 3 aliphatic rings. The molecule has 2 fully saturated rings. The Morgan fingerprint density at radius 3 is 2.81 bits per heavy atom. The van der Waals surface area contributed by atoms with Crippen LogP contribution in [0.2, 0.25) is 5.02 Å². The molecule has 43 heavy (non-hydrogen) atoms. The highest BCUT2D eigenvalue weighted by Gasteiger charge is 2.36. The zero-order valence-corrected chi connectivity index (χ0v) is 24.6.